The first kappa shape index (κ1) is 23.0. The molecule has 12 nitrogen and oxygen atoms in total. The number of fused-ring (bicyclic) bond motifs is 2. The number of hydrogen-bond donors (Lipinski definition) is 2. The smallest absolute Gasteiger partial charge is 0.277 e. The van der Waals surface area contributed by atoms with Crippen LogP contribution in [0.1, 0.15) is 26.5 Å². The van der Waals surface area contributed by atoms with E-state index in [0.717, 1.165) is 0 Å². The number of ether oxygens (including phenoxy) is 1. The minimum Gasteiger partial charge on any atom is -0.489 e. The fraction of sp³-hybridized carbons (Fsp3) is 0.333. The van der Waals surface area contributed by atoms with Crippen LogP contribution in [0.4, 0.5) is 10.1 Å². The Morgan fingerprint density at radius 1 is 1.29 bits per heavy atom. The van der Waals surface area contributed by atoms with Crippen molar-refractivity contribution in [1.29, 1.82) is 0 Å². The molecule has 35 heavy (non-hydrogen) atoms. The van der Waals surface area contributed by atoms with E-state index in [-0.39, 0.29) is 47.6 Å². The fourth-order valence-corrected chi connectivity index (χ4v) is 5.79. The van der Waals surface area contributed by atoms with Gasteiger partial charge in [-0.1, -0.05) is 5.16 Å². The highest BCUT2D eigenvalue weighted by atomic mass is 32.2. The average Bonchev–Trinajstić information content (AvgIpc) is 3.53. The van der Waals surface area contributed by atoms with Crippen LogP contribution in [0.2, 0.25) is 0 Å². The number of benzene rings is 1. The monoisotopic (exact) mass is 504 g/mol. The second-order valence-corrected chi connectivity index (χ2v) is 10.2. The molecular formula is C21H21FN6O6S. The maximum atomic E-state index is 13.6. The largest absolute Gasteiger partial charge is 0.489 e. The van der Waals surface area contributed by atoms with Crippen molar-refractivity contribution in [2.45, 2.75) is 17.9 Å². The second-order valence-electron chi connectivity index (χ2n) is 8.50. The van der Waals surface area contributed by atoms with Crippen molar-refractivity contribution in [2.75, 3.05) is 25.0 Å². The van der Waals surface area contributed by atoms with Gasteiger partial charge in [0.15, 0.2) is 17.1 Å². The number of carbonyl (C=O) groups excluding carboxylic acids is 2. The molecule has 5 rings (SSSR count). The van der Waals surface area contributed by atoms with Gasteiger partial charge in [0.1, 0.15) is 16.9 Å². The summed E-state index contributed by atoms with van der Waals surface area (Å²) in [5.41, 5.74) is 0.705. The summed E-state index contributed by atoms with van der Waals surface area (Å²) in [5, 5.41) is 9.62. The number of hydrogen-bond acceptors (Lipinski definition) is 8. The Morgan fingerprint density at radius 3 is 2.80 bits per heavy atom. The summed E-state index contributed by atoms with van der Waals surface area (Å²) in [6, 6.07) is 3.51. The first-order valence-corrected chi connectivity index (χ1v) is 12.1. The van der Waals surface area contributed by atoms with Crippen molar-refractivity contribution >= 4 is 27.5 Å². The molecule has 14 heteroatoms. The van der Waals surface area contributed by atoms with Gasteiger partial charge in [0, 0.05) is 44.0 Å². The molecule has 0 radical (unpaired) electrons. The summed E-state index contributed by atoms with van der Waals surface area (Å²) >= 11 is 0. The highest BCUT2D eigenvalue weighted by Crippen LogP contribution is 2.35. The van der Waals surface area contributed by atoms with Gasteiger partial charge >= 0.3 is 0 Å². The fourth-order valence-electron chi connectivity index (χ4n) is 4.30. The van der Waals surface area contributed by atoms with Gasteiger partial charge in [-0.05, 0) is 35.8 Å². The van der Waals surface area contributed by atoms with Crippen LogP contribution in [0.3, 0.4) is 0 Å². The van der Waals surface area contributed by atoms with Crippen LogP contribution in [0.25, 0.3) is 0 Å². The first-order valence-electron chi connectivity index (χ1n) is 10.6. The molecule has 2 amide bonds. The number of carbonyl (C=O) groups is 2. The SMILES string of the molecule is Cc1cc(NC(=O)c2c3c(cn2C)S(=O)(=O)N[C@H]2CN(C(=O)c4cnon4)C[C@H]2CO3)ccc1F. The summed E-state index contributed by atoms with van der Waals surface area (Å²) in [4.78, 5) is 27.0. The van der Waals surface area contributed by atoms with Gasteiger partial charge in [-0.25, -0.2) is 22.2 Å². The predicted molar refractivity (Wildman–Crippen MR) is 118 cm³/mol. The summed E-state index contributed by atoms with van der Waals surface area (Å²) in [7, 11) is -2.56. The Kier molecular flexibility index (Phi) is 5.56. The lowest BCUT2D eigenvalue weighted by Crippen LogP contribution is -2.43. The quantitative estimate of drug-likeness (QED) is 0.535. The third-order valence-corrected chi connectivity index (χ3v) is 7.56. The molecule has 0 unspecified atom stereocenters. The molecule has 1 aromatic carbocycles. The maximum absolute atomic E-state index is 13.6. The molecule has 1 saturated heterocycles. The molecule has 184 valence electrons. The van der Waals surface area contributed by atoms with Crippen molar-refractivity contribution in [1.82, 2.24) is 24.5 Å². The molecule has 2 atom stereocenters. The van der Waals surface area contributed by atoms with Crippen molar-refractivity contribution in [3.8, 4) is 5.75 Å². The van der Waals surface area contributed by atoms with E-state index < -0.39 is 33.7 Å². The van der Waals surface area contributed by atoms with Crippen LogP contribution >= 0.6 is 0 Å². The summed E-state index contributed by atoms with van der Waals surface area (Å²) in [5.74, 6) is -1.94. The van der Waals surface area contributed by atoms with Gasteiger partial charge < -0.3 is 19.5 Å². The van der Waals surface area contributed by atoms with Crippen LogP contribution < -0.4 is 14.8 Å². The van der Waals surface area contributed by atoms with Crippen LogP contribution in [0.15, 0.2) is 40.1 Å². The minimum atomic E-state index is -4.09. The van der Waals surface area contributed by atoms with Crippen LogP contribution in [0, 0.1) is 18.7 Å². The van der Waals surface area contributed by atoms with E-state index in [4.69, 9.17) is 4.74 Å². The molecule has 3 aromatic rings. The van der Waals surface area contributed by atoms with Crippen LogP contribution in [-0.2, 0) is 17.1 Å². The zero-order valence-electron chi connectivity index (χ0n) is 18.7. The third-order valence-electron chi connectivity index (χ3n) is 6.08. The number of sulfonamides is 1. The van der Waals surface area contributed by atoms with Gasteiger partial charge in [0.05, 0.1) is 6.61 Å². The summed E-state index contributed by atoms with van der Waals surface area (Å²) in [6.07, 6.45) is 2.48. The summed E-state index contributed by atoms with van der Waals surface area (Å²) in [6.45, 7) is 1.94. The number of likely N-dealkylation sites (tertiary alicyclic amines) is 1. The number of nitrogens with one attached hydrogen (secondary N) is 2. The molecule has 2 aliphatic rings. The highest BCUT2D eigenvalue weighted by molar-refractivity contribution is 7.89. The van der Waals surface area contributed by atoms with Crippen molar-refractivity contribution < 1.29 is 31.8 Å². The third kappa shape index (κ3) is 4.14. The lowest BCUT2D eigenvalue weighted by atomic mass is 10.1. The Labute approximate surface area is 199 Å². The normalized spacial score (nSPS) is 20.8. The second kappa shape index (κ2) is 8.46. The molecule has 0 aliphatic carbocycles. The van der Waals surface area contributed by atoms with Crippen LogP contribution in [0.5, 0.6) is 5.75 Å². The molecule has 4 heterocycles. The van der Waals surface area contributed by atoms with E-state index in [1.807, 2.05) is 0 Å². The lowest BCUT2D eigenvalue weighted by molar-refractivity contribution is 0.0771. The van der Waals surface area contributed by atoms with Gasteiger partial charge in [-0.15, -0.1) is 0 Å². The minimum absolute atomic E-state index is 0.00889. The molecule has 2 N–H and O–H groups in total. The molecular weight excluding hydrogens is 483 g/mol. The van der Waals surface area contributed by atoms with E-state index in [2.05, 4.69) is 25.0 Å². The summed E-state index contributed by atoms with van der Waals surface area (Å²) < 4.78 is 54.4. The molecule has 0 spiro atoms. The predicted octanol–water partition coefficient (Wildman–Crippen LogP) is 0.919. The van der Waals surface area contributed by atoms with Crippen molar-refractivity contribution in [3.63, 3.8) is 0 Å². The van der Waals surface area contributed by atoms with Gasteiger partial charge in [0.25, 0.3) is 11.8 Å². The van der Waals surface area contributed by atoms with E-state index >= 15 is 0 Å². The van der Waals surface area contributed by atoms with Crippen molar-refractivity contribution in [3.05, 3.63) is 53.4 Å². The number of halogens is 1. The van der Waals surface area contributed by atoms with E-state index in [9.17, 15) is 22.4 Å². The average molecular weight is 505 g/mol. The number of amides is 2. The van der Waals surface area contributed by atoms with Crippen molar-refractivity contribution in [2.24, 2.45) is 13.0 Å². The number of aromatic nitrogens is 3. The first-order chi connectivity index (χ1) is 16.6. The molecule has 1 fully saturated rings. The molecule has 2 aromatic heterocycles. The molecule has 0 saturated carbocycles. The Morgan fingerprint density at radius 2 is 2.09 bits per heavy atom. The molecule has 2 aliphatic heterocycles. The Bertz CT molecular complexity index is 1420. The molecule has 0 bridgehead atoms. The standard InChI is InChI=1S/C21H21FN6O6S/c1-11-5-13(3-4-14(11)22)24-20(29)18-19-17(9-27(18)2)35(31,32)26-16-8-28(7-12(16)10-33-19)21(30)15-6-23-34-25-15/h3-6,9,12,16,26H,7-8,10H2,1-2H3,(H,24,29)/t12-,16-/m0/s1. The Hall–Kier alpha value is -3.78. The maximum Gasteiger partial charge on any atom is 0.277 e. The number of anilines is 1. The highest BCUT2D eigenvalue weighted by Gasteiger charge is 2.42. The van der Waals surface area contributed by atoms with E-state index in [1.165, 1.54) is 47.1 Å². The zero-order valence-corrected chi connectivity index (χ0v) is 19.5. The van der Waals surface area contributed by atoms with Gasteiger partial charge in [0.2, 0.25) is 10.0 Å². The zero-order chi connectivity index (χ0) is 24.9. The van der Waals surface area contributed by atoms with Crippen LogP contribution in [-0.4, -0.2) is 65.8 Å². The Balaban J connectivity index is 1.42. The number of aryl methyl sites for hydroxylation is 2. The number of nitrogens with zero attached hydrogens (tertiary/aromatic N) is 4. The topological polar surface area (TPSA) is 149 Å². The van der Waals surface area contributed by atoms with Gasteiger partial charge in [-0.2, -0.15) is 0 Å². The lowest BCUT2D eigenvalue weighted by Gasteiger charge is -2.23. The van der Waals surface area contributed by atoms with E-state index in [0.29, 0.717) is 11.3 Å². The van der Waals surface area contributed by atoms with E-state index in [1.54, 1.807) is 6.92 Å². The van der Waals surface area contributed by atoms with Gasteiger partial charge in [-0.3, -0.25) is 9.59 Å². The number of rotatable bonds is 3.